The molecule has 0 aromatic heterocycles. The molecule has 0 amide bonds. The molecule has 0 unspecified atom stereocenters. The number of rotatable bonds is 10. The minimum atomic E-state index is 0.484. The third kappa shape index (κ3) is 6.90. The molecule has 4 nitrogen and oxygen atoms in total. The fourth-order valence-electron chi connectivity index (χ4n) is 3.33. The van der Waals surface area contributed by atoms with Crippen molar-refractivity contribution in [3.8, 4) is 23.0 Å². The predicted octanol–water partition coefficient (Wildman–Crippen LogP) is 8.44. The second-order valence-corrected chi connectivity index (χ2v) is 9.62. The van der Waals surface area contributed by atoms with E-state index in [0.717, 1.165) is 47.9 Å². The molecule has 0 fully saturated rings. The van der Waals surface area contributed by atoms with Gasteiger partial charge in [0.2, 0.25) is 0 Å². The average molecular weight is 630 g/mol. The first kappa shape index (κ1) is 24.4. The van der Waals surface area contributed by atoms with Crippen molar-refractivity contribution >= 4 is 44.2 Å². The van der Waals surface area contributed by atoms with Gasteiger partial charge in [0.1, 0.15) is 18.1 Å². The summed E-state index contributed by atoms with van der Waals surface area (Å²) < 4.78 is 20.0. The normalized spacial score (nSPS) is 10.6. The summed E-state index contributed by atoms with van der Waals surface area (Å²) in [6.45, 7) is 3.71. The highest BCUT2D eigenvalue weighted by Crippen LogP contribution is 2.35. The van der Waals surface area contributed by atoms with Gasteiger partial charge in [0.15, 0.2) is 11.5 Å². The van der Waals surface area contributed by atoms with E-state index in [1.807, 2.05) is 91.9 Å². The van der Waals surface area contributed by atoms with Gasteiger partial charge in [-0.1, -0.05) is 46.3 Å². The van der Waals surface area contributed by atoms with Crippen LogP contribution in [0.5, 0.6) is 23.0 Å². The SMILES string of the molecule is CCOc1cc(CNc2ccc(Oc3ccccc3)cc2)cc(I)c1OCc1ccc(Br)cc1. The van der Waals surface area contributed by atoms with E-state index in [9.17, 15) is 0 Å². The third-order valence-corrected chi connectivity index (χ3v) is 6.33. The van der Waals surface area contributed by atoms with Gasteiger partial charge in [0, 0.05) is 16.7 Å². The Balaban J connectivity index is 1.40. The van der Waals surface area contributed by atoms with Crippen molar-refractivity contribution in [3.05, 3.63) is 110 Å². The van der Waals surface area contributed by atoms with Crippen molar-refractivity contribution in [1.29, 1.82) is 0 Å². The van der Waals surface area contributed by atoms with Gasteiger partial charge in [-0.15, -0.1) is 0 Å². The van der Waals surface area contributed by atoms with Gasteiger partial charge < -0.3 is 19.5 Å². The number of benzene rings is 4. The average Bonchev–Trinajstić information content (AvgIpc) is 2.85. The van der Waals surface area contributed by atoms with Crippen molar-refractivity contribution in [2.75, 3.05) is 11.9 Å². The fraction of sp³-hybridized carbons (Fsp3) is 0.143. The molecule has 0 atom stereocenters. The Hall–Kier alpha value is -2.71. The molecule has 4 aromatic carbocycles. The Bertz CT molecular complexity index is 1200. The van der Waals surface area contributed by atoms with Crippen molar-refractivity contribution in [1.82, 2.24) is 0 Å². The van der Waals surface area contributed by atoms with Crippen molar-refractivity contribution < 1.29 is 14.2 Å². The Morgan fingerprint density at radius 3 is 2.21 bits per heavy atom. The van der Waals surface area contributed by atoms with E-state index in [1.54, 1.807) is 0 Å². The number of nitrogens with one attached hydrogen (secondary N) is 1. The van der Waals surface area contributed by atoms with Gasteiger partial charge >= 0.3 is 0 Å². The monoisotopic (exact) mass is 629 g/mol. The molecule has 0 saturated heterocycles. The Morgan fingerprint density at radius 2 is 1.50 bits per heavy atom. The smallest absolute Gasteiger partial charge is 0.174 e. The van der Waals surface area contributed by atoms with Crippen LogP contribution in [-0.4, -0.2) is 6.61 Å². The van der Waals surface area contributed by atoms with Crippen LogP contribution in [0.2, 0.25) is 0 Å². The molecule has 34 heavy (non-hydrogen) atoms. The van der Waals surface area contributed by atoms with E-state index < -0.39 is 0 Å². The van der Waals surface area contributed by atoms with E-state index in [4.69, 9.17) is 14.2 Å². The van der Waals surface area contributed by atoms with Crippen molar-refractivity contribution in [2.24, 2.45) is 0 Å². The molecule has 0 aliphatic heterocycles. The first-order chi connectivity index (χ1) is 16.6. The highest BCUT2D eigenvalue weighted by Gasteiger charge is 2.13. The first-order valence-electron chi connectivity index (χ1n) is 11.0. The maximum absolute atomic E-state index is 6.14. The molecule has 0 heterocycles. The van der Waals surface area contributed by atoms with Gasteiger partial charge in [-0.2, -0.15) is 0 Å². The number of halogens is 2. The van der Waals surface area contributed by atoms with E-state index in [2.05, 4.69) is 49.9 Å². The molecule has 174 valence electrons. The van der Waals surface area contributed by atoms with Gasteiger partial charge in [-0.05, 0) is 101 Å². The van der Waals surface area contributed by atoms with Gasteiger partial charge in [0.25, 0.3) is 0 Å². The quantitative estimate of drug-likeness (QED) is 0.179. The Kier molecular flexibility index (Phi) is 8.71. The van der Waals surface area contributed by atoms with Crippen LogP contribution in [0.15, 0.2) is 95.5 Å². The van der Waals surface area contributed by atoms with Crippen molar-refractivity contribution in [2.45, 2.75) is 20.1 Å². The maximum atomic E-state index is 6.14. The topological polar surface area (TPSA) is 39.7 Å². The van der Waals surface area contributed by atoms with Crippen LogP contribution in [0.1, 0.15) is 18.1 Å². The van der Waals surface area contributed by atoms with Crippen LogP contribution < -0.4 is 19.5 Å². The molecule has 0 radical (unpaired) electrons. The minimum absolute atomic E-state index is 0.484. The molecule has 0 saturated carbocycles. The lowest BCUT2D eigenvalue weighted by Crippen LogP contribution is -2.05. The zero-order valence-corrected chi connectivity index (χ0v) is 22.5. The molecule has 4 rings (SSSR count). The van der Waals surface area contributed by atoms with Crippen LogP contribution in [0.3, 0.4) is 0 Å². The third-order valence-electron chi connectivity index (χ3n) is 5.00. The summed E-state index contributed by atoms with van der Waals surface area (Å²) in [7, 11) is 0. The van der Waals surface area contributed by atoms with Crippen LogP contribution in [0.4, 0.5) is 5.69 Å². The summed E-state index contributed by atoms with van der Waals surface area (Å²) in [4.78, 5) is 0. The van der Waals surface area contributed by atoms with E-state index in [1.165, 1.54) is 0 Å². The highest BCUT2D eigenvalue weighted by atomic mass is 127. The maximum Gasteiger partial charge on any atom is 0.174 e. The molecule has 0 spiro atoms. The summed E-state index contributed by atoms with van der Waals surface area (Å²) in [5, 5.41) is 3.47. The fourth-order valence-corrected chi connectivity index (χ4v) is 4.42. The summed E-state index contributed by atoms with van der Waals surface area (Å²) in [5.74, 6) is 3.16. The molecule has 0 bridgehead atoms. The van der Waals surface area contributed by atoms with Crippen LogP contribution in [0, 0.1) is 3.57 Å². The summed E-state index contributed by atoms with van der Waals surface area (Å²) in [6, 6.07) is 30.0. The summed E-state index contributed by atoms with van der Waals surface area (Å²) in [5.41, 5.74) is 3.24. The van der Waals surface area contributed by atoms with Crippen LogP contribution >= 0.6 is 38.5 Å². The highest BCUT2D eigenvalue weighted by molar-refractivity contribution is 14.1. The second-order valence-electron chi connectivity index (χ2n) is 7.55. The Labute approximate surface area is 222 Å². The van der Waals surface area contributed by atoms with Gasteiger partial charge in [0.05, 0.1) is 10.2 Å². The molecule has 6 heteroatoms. The first-order valence-corrected chi connectivity index (χ1v) is 12.9. The van der Waals surface area contributed by atoms with E-state index in [0.29, 0.717) is 19.8 Å². The lowest BCUT2D eigenvalue weighted by atomic mass is 10.2. The molecule has 0 aliphatic rings. The number of ether oxygens (including phenoxy) is 3. The molecule has 1 N–H and O–H groups in total. The Morgan fingerprint density at radius 1 is 0.794 bits per heavy atom. The summed E-state index contributed by atoms with van der Waals surface area (Å²) >= 11 is 5.78. The molecular weight excluding hydrogens is 605 g/mol. The number of para-hydroxylation sites is 1. The van der Waals surface area contributed by atoms with Gasteiger partial charge in [-0.3, -0.25) is 0 Å². The lowest BCUT2D eigenvalue weighted by molar-refractivity contribution is 0.267. The molecular formula is C28H25BrINO3. The van der Waals surface area contributed by atoms with Crippen LogP contribution in [-0.2, 0) is 13.2 Å². The number of hydrogen-bond acceptors (Lipinski definition) is 4. The zero-order valence-electron chi connectivity index (χ0n) is 18.8. The minimum Gasteiger partial charge on any atom is -0.490 e. The van der Waals surface area contributed by atoms with E-state index >= 15 is 0 Å². The zero-order chi connectivity index (χ0) is 23.8. The van der Waals surface area contributed by atoms with Gasteiger partial charge in [-0.25, -0.2) is 0 Å². The summed E-state index contributed by atoms with van der Waals surface area (Å²) in [6.07, 6.45) is 0. The predicted molar refractivity (Wildman–Crippen MR) is 149 cm³/mol. The number of anilines is 1. The van der Waals surface area contributed by atoms with Crippen LogP contribution in [0.25, 0.3) is 0 Å². The van der Waals surface area contributed by atoms with E-state index in [-0.39, 0.29) is 0 Å². The second kappa shape index (κ2) is 12.1. The standard InChI is InChI=1S/C28H25BrINO3/c1-2-32-27-17-21(16-26(30)28(27)33-19-20-8-10-22(29)11-9-20)18-31-23-12-14-25(15-13-23)34-24-6-4-3-5-7-24/h3-17,31H,2,18-19H2,1H3. The molecule has 4 aromatic rings. The number of hydrogen-bond donors (Lipinski definition) is 1. The lowest BCUT2D eigenvalue weighted by Gasteiger charge is -2.16. The van der Waals surface area contributed by atoms with Crippen molar-refractivity contribution in [3.63, 3.8) is 0 Å². The largest absolute Gasteiger partial charge is 0.490 e. The molecule has 0 aliphatic carbocycles.